The van der Waals surface area contributed by atoms with Crippen LogP contribution in [0.4, 0.5) is 13.2 Å². The van der Waals surface area contributed by atoms with Gasteiger partial charge in [0.1, 0.15) is 0 Å². The van der Waals surface area contributed by atoms with Crippen LogP contribution in [-0.4, -0.2) is 23.5 Å². The van der Waals surface area contributed by atoms with Crippen LogP contribution in [0.3, 0.4) is 0 Å². The number of rotatable bonds is 6. The quantitative estimate of drug-likeness (QED) is 0.226. The molecular weight excluding hydrogens is 560 g/mol. The maximum atomic E-state index is 12.3. The normalized spacial score (nSPS) is 18.3. The van der Waals surface area contributed by atoms with E-state index in [1.165, 1.54) is 36.3 Å². The molecule has 0 aliphatic carbocycles. The van der Waals surface area contributed by atoms with Crippen LogP contribution >= 0.6 is 31.6 Å². The Morgan fingerprint density at radius 3 is 2.39 bits per heavy atom. The second-order valence-corrected chi connectivity index (χ2v) is 15.0. The number of hydrogen-bond acceptors (Lipinski definition) is 4. The van der Waals surface area contributed by atoms with E-state index in [1.807, 2.05) is 17.8 Å². The molecule has 0 spiro atoms. The Labute approximate surface area is 201 Å². The Bertz CT molecular complexity index is 1200. The maximum absolute atomic E-state index is 12.3. The first-order chi connectivity index (χ1) is 16.0. The number of hydrogen-bond donors (Lipinski definition) is 0. The summed E-state index contributed by atoms with van der Waals surface area (Å²) < 4.78 is 43.9. The molecule has 33 heavy (non-hydrogen) atoms. The van der Waals surface area contributed by atoms with Crippen LogP contribution < -0.4 is 4.74 Å². The summed E-state index contributed by atoms with van der Waals surface area (Å²) in [5.41, 5.74) is 5.75. The van der Waals surface area contributed by atoms with Gasteiger partial charge in [-0.15, -0.1) is 0 Å². The Balaban J connectivity index is 1.24. The summed E-state index contributed by atoms with van der Waals surface area (Å²) in [4.78, 5) is 0. The van der Waals surface area contributed by atoms with Gasteiger partial charge in [-0.05, 0) is 0 Å². The van der Waals surface area contributed by atoms with Crippen molar-refractivity contribution in [3.63, 3.8) is 0 Å². The predicted molar refractivity (Wildman–Crippen MR) is 138 cm³/mol. The van der Waals surface area contributed by atoms with Crippen molar-refractivity contribution in [1.29, 1.82) is 0 Å². The molecule has 1 atom stereocenters. The van der Waals surface area contributed by atoms with Crippen molar-refractivity contribution in [2.24, 2.45) is 10.2 Å². The minimum atomic E-state index is -4.67. The fraction of sp³-hybridized carbons (Fsp3) is 0.200. The summed E-state index contributed by atoms with van der Waals surface area (Å²) in [5.74, 6) is 0.667. The molecule has 8 heteroatoms. The van der Waals surface area contributed by atoms with Gasteiger partial charge in [-0.2, -0.15) is 0 Å². The molecule has 0 amide bonds. The molecule has 0 bridgehead atoms. The fourth-order valence-corrected chi connectivity index (χ4v) is 12.2. The van der Waals surface area contributed by atoms with Crippen LogP contribution in [0, 0.1) is 0 Å². The van der Waals surface area contributed by atoms with Gasteiger partial charge in [0.25, 0.3) is 0 Å². The first kappa shape index (κ1) is 22.5. The Kier molecular flexibility index (Phi) is 6.47. The van der Waals surface area contributed by atoms with Gasteiger partial charge in [-0.25, -0.2) is 0 Å². The number of thioether (sulfide) groups is 1. The average Bonchev–Trinajstić information content (AvgIpc) is 3.61. The third-order valence-electron chi connectivity index (χ3n) is 5.33. The van der Waals surface area contributed by atoms with E-state index < -0.39 is 26.2 Å². The fourth-order valence-electron chi connectivity index (χ4n) is 3.69. The van der Waals surface area contributed by atoms with E-state index in [0.717, 1.165) is 17.0 Å². The van der Waals surface area contributed by atoms with Crippen LogP contribution in [0.5, 0.6) is 5.75 Å². The second-order valence-electron chi connectivity index (χ2n) is 7.64. The monoisotopic (exact) mass is 580 g/mol. The summed E-state index contributed by atoms with van der Waals surface area (Å²) in [7, 11) is 0. The van der Waals surface area contributed by atoms with Crippen molar-refractivity contribution < 1.29 is 17.9 Å². The van der Waals surface area contributed by atoms with Gasteiger partial charge in [0.2, 0.25) is 0 Å². The summed E-state index contributed by atoms with van der Waals surface area (Å²) in [6.45, 7) is 0. The third-order valence-corrected chi connectivity index (χ3v) is 13.4. The van der Waals surface area contributed by atoms with Crippen LogP contribution in [0.15, 0.2) is 89.1 Å². The molecule has 0 radical (unpaired) electrons. The van der Waals surface area contributed by atoms with E-state index in [-0.39, 0.29) is 5.75 Å². The minimum absolute atomic E-state index is 0.204. The number of fused-ring (bicyclic) bond motifs is 1. The Morgan fingerprint density at radius 1 is 0.909 bits per heavy atom. The van der Waals surface area contributed by atoms with Gasteiger partial charge in [0, 0.05) is 0 Å². The summed E-state index contributed by atoms with van der Waals surface area (Å²) >= 11 is 0.519. The molecule has 0 saturated carbocycles. The molecule has 0 N–H and O–H groups in total. The number of ether oxygens (including phenoxy) is 1. The molecule has 0 aromatic heterocycles. The first-order valence-corrected chi connectivity index (χ1v) is 15.2. The van der Waals surface area contributed by atoms with Crippen molar-refractivity contribution in [1.82, 2.24) is 0 Å². The molecule has 2 aliphatic heterocycles. The van der Waals surface area contributed by atoms with Crippen LogP contribution in [-0.2, 0) is 12.2 Å². The van der Waals surface area contributed by atoms with E-state index >= 15 is 0 Å². The number of nitrogens with zero attached hydrogens (tertiary/aromatic N) is 2. The van der Waals surface area contributed by atoms with Crippen LogP contribution in [0.2, 0.25) is 0 Å². The third kappa shape index (κ3) is 5.60. The summed E-state index contributed by atoms with van der Waals surface area (Å²) in [5, 5.41) is 9.09. The van der Waals surface area contributed by atoms with Crippen molar-refractivity contribution >= 4 is 40.3 Å². The van der Waals surface area contributed by atoms with Crippen molar-refractivity contribution in [2.75, 3.05) is 4.43 Å². The average molecular weight is 580 g/mol. The SMILES string of the molecule is FC(F)(F)Oc1ccc(CC2=NN=C(SCc3ccccc3-c3ccccc3)I3CC23)cc1. The molecule has 1 fully saturated rings. The molecule has 3 nitrogen and oxygen atoms in total. The first-order valence-electron chi connectivity index (χ1n) is 10.4. The van der Waals surface area contributed by atoms with Gasteiger partial charge in [-0.3, -0.25) is 0 Å². The molecular formula is C25H20F3IN2OS. The zero-order chi connectivity index (χ0) is 22.8. The zero-order valence-corrected chi connectivity index (χ0v) is 20.4. The van der Waals surface area contributed by atoms with Crippen molar-refractivity contribution in [2.45, 2.75) is 22.5 Å². The number of halogens is 4. The van der Waals surface area contributed by atoms with Crippen LogP contribution in [0.25, 0.3) is 11.1 Å². The zero-order valence-electron chi connectivity index (χ0n) is 17.4. The Hall–Kier alpha value is -2.33. The van der Waals surface area contributed by atoms with Gasteiger partial charge < -0.3 is 0 Å². The molecule has 170 valence electrons. The predicted octanol–water partition coefficient (Wildman–Crippen LogP) is 7.34. The van der Waals surface area contributed by atoms with E-state index in [4.69, 9.17) is 0 Å². The number of alkyl halides is 5. The van der Waals surface area contributed by atoms with E-state index in [1.54, 1.807) is 12.1 Å². The standard InChI is InChI=1S/C25H20F3IN2OS/c26-25(27,28)32-20-12-10-17(11-13-20)14-23-22-15-29(22)24(31-30-23)33-16-19-8-4-5-9-21(19)18-6-2-1-3-7-18/h1-13,22H,14-16H2. The Morgan fingerprint density at radius 2 is 1.64 bits per heavy atom. The van der Waals surface area contributed by atoms with Crippen molar-refractivity contribution in [3.05, 3.63) is 90.0 Å². The van der Waals surface area contributed by atoms with Gasteiger partial charge in [0.15, 0.2) is 0 Å². The van der Waals surface area contributed by atoms with E-state index in [9.17, 15) is 13.2 Å². The topological polar surface area (TPSA) is 34.0 Å². The summed E-state index contributed by atoms with van der Waals surface area (Å²) in [6, 6.07) is 24.9. The van der Waals surface area contributed by atoms with Gasteiger partial charge >= 0.3 is 202 Å². The molecule has 3 aromatic rings. The van der Waals surface area contributed by atoms with Gasteiger partial charge in [-0.1, -0.05) is 0 Å². The molecule has 3 aromatic carbocycles. The molecule has 1 saturated heterocycles. The van der Waals surface area contributed by atoms with Crippen molar-refractivity contribution in [3.8, 4) is 16.9 Å². The van der Waals surface area contributed by atoms with Crippen LogP contribution in [0.1, 0.15) is 11.1 Å². The van der Waals surface area contributed by atoms with E-state index in [2.05, 4.69) is 63.5 Å². The van der Waals surface area contributed by atoms with Gasteiger partial charge in [0.05, 0.1) is 0 Å². The summed E-state index contributed by atoms with van der Waals surface area (Å²) in [6.07, 6.45) is -4.05. The molecule has 2 aliphatic rings. The second kappa shape index (κ2) is 9.50. The van der Waals surface area contributed by atoms with E-state index in [0.29, 0.717) is 10.3 Å². The molecule has 5 rings (SSSR count). The molecule has 2 heterocycles. The number of benzene rings is 3. The molecule has 1 unspecified atom stereocenters.